The molecular formula is C18H17N3O2S2. The molecule has 1 aromatic carbocycles. The summed E-state index contributed by atoms with van der Waals surface area (Å²) >= 11 is 2.96. The van der Waals surface area contributed by atoms with Crippen LogP contribution in [-0.4, -0.2) is 23.3 Å². The molecular weight excluding hydrogens is 354 g/mol. The van der Waals surface area contributed by atoms with Crippen molar-refractivity contribution in [2.45, 2.75) is 13.3 Å². The Balaban J connectivity index is 1.63. The molecule has 0 unspecified atom stereocenters. The van der Waals surface area contributed by atoms with Gasteiger partial charge in [-0.2, -0.15) is 0 Å². The Morgan fingerprint density at radius 1 is 1.08 bits per heavy atom. The third-order valence-electron chi connectivity index (χ3n) is 3.50. The van der Waals surface area contributed by atoms with Gasteiger partial charge in [-0.05, 0) is 30.5 Å². The van der Waals surface area contributed by atoms with Gasteiger partial charge in [0.05, 0.1) is 26.8 Å². The van der Waals surface area contributed by atoms with Gasteiger partial charge < -0.3 is 10.6 Å². The zero-order chi connectivity index (χ0) is 17.6. The van der Waals surface area contributed by atoms with E-state index in [4.69, 9.17) is 0 Å². The summed E-state index contributed by atoms with van der Waals surface area (Å²) in [5.74, 6) is -0.428. The minimum atomic E-state index is -0.215. The standard InChI is InChI=1S/C18H17N3O2S2/c1-12-20-13(11-25-12)8-9-19-17(22)14-5-2-3-6-15(14)21-18(23)16-7-4-10-24-16/h2-7,10-11H,8-9H2,1H3,(H,19,22)(H,21,23). The van der Waals surface area contributed by atoms with Crippen molar-refractivity contribution in [3.63, 3.8) is 0 Å². The van der Waals surface area contributed by atoms with Crippen LogP contribution < -0.4 is 10.6 Å². The summed E-state index contributed by atoms with van der Waals surface area (Å²) in [4.78, 5) is 29.6. The molecule has 2 aromatic heterocycles. The fraction of sp³-hybridized carbons (Fsp3) is 0.167. The van der Waals surface area contributed by atoms with Crippen LogP contribution in [-0.2, 0) is 6.42 Å². The number of nitrogens with one attached hydrogen (secondary N) is 2. The molecule has 128 valence electrons. The van der Waals surface area contributed by atoms with Crippen LogP contribution in [0, 0.1) is 6.92 Å². The summed E-state index contributed by atoms with van der Waals surface area (Å²) in [5, 5.41) is 10.5. The molecule has 0 spiro atoms. The Hall–Kier alpha value is -2.51. The van der Waals surface area contributed by atoms with Crippen molar-refractivity contribution in [3.8, 4) is 0 Å². The summed E-state index contributed by atoms with van der Waals surface area (Å²) in [6, 6.07) is 10.6. The summed E-state index contributed by atoms with van der Waals surface area (Å²) in [6.45, 7) is 2.45. The highest BCUT2D eigenvalue weighted by Crippen LogP contribution is 2.18. The lowest BCUT2D eigenvalue weighted by Gasteiger charge is -2.10. The number of anilines is 1. The average molecular weight is 371 g/mol. The molecule has 5 nitrogen and oxygen atoms in total. The van der Waals surface area contributed by atoms with Crippen molar-refractivity contribution in [2.24, 2.45) is 0 Å². The first-order valence-electron chi connectivity index (χ1n) is 7.76. The Kier molecular flexibility index (Phi) is 5.57. The number of amides is 2. The predicted octanol–water partition coefficient (Wildman–Crippen LogP) is 3.74. The zero-order valence-corrected chi connectivity index (χ0v) is 15.2. The van der Waals surface area contributed by atoms with Crippen molar-refractivity contribution in [3.05, 3.63) is 68.3 Å². The Bertz CT molecular complexity index is 872. The van der Waals surface area contributed by atoms with Crippen LogP contribution in [0.15, 0.2) is 47.2 Å². The molecule has 0 radical (unpaired) electrons. The molecule has 7 heteroatoms. The third-order valence-corrected chi connectivity index (χ3v) is 5.19. The van der Waals surface area contributed by atoms with Crippen LogP contribution in [0.4, 0.5) is 5.69 Å². The maximum atomic E-state index is 12.5. The topological polar surface area (TPSA) is 71.1 Å². The van der Waals surface area contributed by atoms with Crippen molar-refractivity contribution in [2.75, 3.05) is 11.9 Å². The van der Waals surface area contributed by atoms with Crippen molar-refractivity contribution in [1.82, 2.24) is 10.3 Å². The number of thiophene rings is 1. The number of para-hydroxylation sites is 1. The number of aromatic nitrogens is 1. The number of nitrogens with zero attached hydrogens (tertiary/aromatic N) is 1. The number of thiazole rings is 1. The van der Waals surface area contributed by atoms with Crippen molar-refractivity contribution < 1.29 is 9.59 Å². The molecule has 0 bridgehead atoms. The van der Waals surface area contributed by atoms with E-state index in [1.807, 2.05) is 23.8 Å². The maximum absolute atomic E-state index is 12.5. The van der Waals surface area contributed by atoms with E-state index in [0.29, 0.717) is 29.1 Å². The molecule has 0 fully saturated rings. The Labute approximate surface area is 153 Å². The molecule has 25 heavy (non-hydrogen) atoms. The van der Waals surface area contributed by atoms with Crippen LogP contribution in [0.3, 0.4) is 0 Å². The molecule has 0 saturated heterocycles. The van der Waals surface area contributed by atoms with E-state index >= 15 is 0 Å². The first kappa shape index (κ1) is 17.3. The second-order valence-corrected chi connectivity index (χ2v) is 7.35. The normalized spacial score (nSPS) is 10.4. The van der Waals surface area contributed by atoms with Gasteiger partial charge in [0.2, 0.25) is 0 Å². The van der Waals surface area contributed by atoms with Gasteiger partial charge in [-0.25, -0.2) is 4.98 Å². The number of rotatable bonds is 6. The molecule has 0 aliphatic carbocycles. The summed E-state index contributed by atoms with van der Waals surface area (Å²) < 4.78 is 0. The monoisotopic (exact) mass is 371 g/mol. The smallest absolute Gasteiger partial charge is 0.265 e. The molecule has 2 N–H and O–H groups in total. The lowest BCUT2D eigenvalue weighted by atomic mass is 10.1. The highest BCUT2D eigenvalue weighted by atomic mass is 32.1. The quantitative estimate of drug-likeness (QED) is 0.693. The fourth-order valence-electron chi connectivity index (χ4n) is 2.30. The highest BCUT2D eigenvalue weighted by molar-refractivity contribution is 7.12. The Morgan fingerprint density at radius 2 is 1.92 bits per heavy atom. The second kappa shape index (κ2) is 8.04. The van der Waals surface area contributed by atoms with Gasteiger partial charge in [0.1, 0.15) is 0 Å². The lowest BCUT2D eigenvalue weighted by Crippen LogP contribution is -2.27. The summed E-state index contributed by atoms with van der Waals surface area (Å²) in [7, 11) is 0. The predicted molar refractivity (Wildman–Crippen MR) is 102 cm³/mol. The highest BCUT2D eigenvalue weighted by Gasteiger charge is 2.14. The zero-order valence-electron chi connectivity index (χ0n) is 13.6. The second-order valence-electron chi connectivity index (χ2n) is 5.34. The maximum Gasteiger partial charge on any atom is 0.265 e. The number of carbonyl (C=O) groups is 2. The van der Waals surface area contributed by atoms with E-state index in [1.54, 1.807) is 41.7 Å². The van der Waals surface area contributed by atoms with Crippen LogP contribution in [0.1, 0.15) is 30.7 Å². The number of aryl methyl sites for hydroxylation is 1. The lowest BCUT2D eigenvalue weighted by molar-refractivity contribution is 0.0955. The van der Waals surface area contributed by atoms with Gasteiger partial charge in [-0.3, -0.25) is 9.59 Å². The molecule has 3 rings (SSSR count). The molecule has 0 atom stereocenters. The van der Waals surface area contributed by atoms with Gasteiger partial charge in [0.25, 0.3) is 11.8 Å². The SMILES string of the molecule is Cc1nc(CCNC(=O)c2ccccc2NC(=O)c2cccs2)cs1. The molecule has 3 aromatic rings. The van der Waals surface area contributed by atoms with Gasteiger partial charge >= 0.3 is 0 Å². The molecule has 2 amide bonds. The third kappa shape index (κ3) is 4.52. The number of hydrogen-bond donors (Lipinski definition) is 2. The fourth-order valence-corrected chi connectivity index (χ4v) is 3.57. The molecule has 0 saturated carbocycles. The first-order chi connectivity index (χ1) is 12.1. The number of benzene rings is 1. The van der Waals surface area contributed by atoms with E-state index in [9.17, 15) is 9.59 Å². The number of hydrogen-bond acceptors (Lipinski definition) is 5. The van der Waals surface area contributed by atoms with Crippen molar-refractivity contribution in [1.29, 1.82) is 0 Å². The minimum Gasteiger partial charge on any atom is -0.352 e. The molecule has 2 heterocycles. The van der Waals surface area contributed by atoms with Crippen LogP contribution >= 0.6 is 22.7 Å². The van der Waals surface area contributed by atoms with E-state index in [-0.39, 0.29) is 11.8 Å². The van der Waals surface area contributed by atoms with Crippen LogP contribution in [0.25, 0.3) is 0 Å². The molecule has 0 aliphatic heterocycles. The average Bonchev–Trinajstić information content (AvgIpc) is 3.27. The van der Waals surface area contributed by atoms with Crippen LogP contribution in [0.5, 0.6) is 0 Å². The Morgan fingerprint density at radius 3 is 2.64 bits per heavy atom. The van der Waals surface area contributed by atoms with Gasteiger partial charge in [-0.1, -0.05) is 18.2 Å². The van der Waals surface area contributed by atoms with Crippen LogP contribution in [0.2, 0.25) is 0 Å². The van der Waals surface area contributed by atoms with Gasteiger partial charge in [0, 0.05) is 18.3 Å². The van der Waals surface area contributed by atoms with Gasteiger partial charge in [-0.15, -0.1) is 22.7 Å². The summed E-state index contributed by atoms with van der Waals surface area (Å²) in [6.07, 6.45) is 0.680. The first-order valence-corrected chi connectivity index (χ1v) is 9.52. The largest absolute Gasteiger partial charge is 0.352 e. The summed E-state index contributed by atoms with van der Waals surface area (Å²) in [5.41, 5.74) is 1.92. The van der Waals surface area contributed by atoms with Crippen molar-refractivity contribution >= 4 is 40.2 Å². The van der Waals surface area contributed by atoms with E-state index in [2.05, 4.69) is 15.6 Å². The minimum absolute atomic E-state index is 0.214. The van der Waals surface area contributed by atoms with E-state index in [1.165, 1.54) is 11.3 Å². The van der Waals surface area contributed by atoms with Gasteiger partial charge in [0.15, 0.2) is 0 Å². The van der Waals surface area contributed by atoms with E-state index in [0.717, 1.165) is 10.7 Å². The van der Waals surface area contributed by atoms with E-state index < -0.39 is 0 Å². The molecule has 0 aliphatic rings. The number of carbonyl (C=O) groups excluding carboxylic acids is 2.